The van der Waals surface area contributed by atoms with Crippen LogP contribution in [0, 0.1) is 0 Å². The first-order valence-corrected chi connectivity index (χ1v) is 6.88. The number of fused-ring (bicyclic) bond motifs is 4. The summed E-state index contributed by atoms with van der Waals surface area (Å²) in [7, 11) is 0. The Morgan fingerprint density at radius 2 is 1.72 bits per heavy atom. The molecule has 0 aliphatic carbocycles. The summed E-state index contributed by atoms with van der Waals surface area (Å²) in [6.07, 6.45) is 1.77. The number of thiophene rings is 1. The minimum atomic E-state index is 0.595. The second-order valence-corrected chi connectivity index (χ2v) is 5.69. The van der Waals surface area contributed by atoms with Crippen LogP contribution in [0.4, 0.5) is 0 Å². The fraction of sp³-hybridized carbons (Fsp3) is 0. The molecule has 86 valence electrons. The van der Waals surface area contributed by atoms with Crippen molar-refractivity contribution in [1.82, 2.24) is 4.98 Å². The van der Waals surface area contributed by atoms with Crippen molar-refractivity contribution in [2.45, 2.75) is 0 Å². The highest BCUT2D eigenvalue weighted by Crippen LogP contribution is 2.38. The number of nitrogens with zero attached hydrogens (tertiary/aromatic N) is 1. The first-order chi connectivity index (χ1) is 8.83. The van der Waals surface area contributed by atoms with Gasteiger partial charge in [0.1, 0.15) is 5.15 Å². The molecule has 4 aromatic rings. The third-order valence-corrected chi connectivity index (χ3v) is 4.78. The second kappa shape index (κ2) is 3.67. The highest BCUT2D eigenvalue weighted by atomic mass is 35.5. The summed E-state index contributed by atoms with van der Waals surface area (Å²) in [6.45, 7) is 0. The maximum Gasteiger partial charge on any atom is 0.146 e. The van der Waals surface area contributed by atoms with Crippen molar-refractivity contribution in [1.29, 1.82) is 0 Å². The minimum absolute atomic E-state index is 0.595. The Bertz CT molecular complexity index is 895. The first kappa shape index (κ1) is 10.3. The topological polar surface area (TPSA) is 12.9 Å². The molecule has 1 nitrogen and oxygen atoms in total. The van der Waals surface area contributed by atoms with Crippen LogP contribution in [0.3, 0.4) is 0 Å². The summed E-state index contributed by atoms with van der Waals surface area (Å²) in [5.41, 5.74) is 0. The van der Waals surface area contributed by atoms with Crippen LogP contribution in [0.15, 0.2) is 48.7 Å². The molecule has 0 N–H and O–H groups in total. The predicted molar refractivity (Wildman–Crippen MR) is 79.6 cm³/mol. The highest BCUT2D eigenvalue weighted by molar-refractivity contribution is 7.26. The summed E-state index contributed by atoms with van der Waals surface area (Å²) in [5.74, 6) is 0. The van der Waals surface area contributed by atoms with Crippen molar-refractivity contribution in [2.24, 2.45) is 0 Å². The molecule has 2 aromatic heterocycles. The summed E-state index contributed by atoms with van der Waals surface area (Å²) < 4.78 is 2.34. The number of hydrogen-bond acceptors (Lipinski definition) is 2. The Balaban J connectivity index is 2.27. The maximum absolute atomic E-state index is 6.16. The quantitative estimate of drug-likeness (QED) is 0.397. The van der Waals surface area contributed by atoms with Gasteiger partial charge >= 0.3 is 0 Å². The van der Waals surface area contributed by atoms with Crippen molar-refractivity contribution in [3.8, 4) is 0 Å². The van der Waals surface area contributed by atoms with Gasteiger partial charge in [0.25, 0.3) is 0 Å². The smallest absolute Gasteiger partial charge is 0.146 e. The third-order valence-electron chi connectivity index (χ3n) is 3.21. The number of halogens is 1. The van der Waals surface area contributed by atoms with Gasteiger partial charge in [0.05, 0.1) is 4.70 Å². The zero-order valence-electron chi connectivity index (χ0n) is 9.35. The van der Waals surface area contributed by atoms with Gasteiger partial charge in [0, 0.05) is 21.7 Å². The van der Waals surface area contributed by atoms with E-state index in [9.17, 15) is 0 Å². The summed E-state index contributed by atoms with van der Waals surface area (Å²) in [6, 6.07) is 14.9. The van der Waals surface area contributed by atoms with E-state index in [0.29, 0.717) is 5.15 Å². The van der Waals surface area contributed by atoms with Crippen LogP contribution >= 0.6 is 22.9 Å². The van der Waals surface area contributed by atoms with E-state index in [4.69, 9.17) is 11.6 Å². The van der Waals surface area contributed by atoms with E-state index in [1.165, 1.54) is 26.2 Å². The van der Waals surface area contributed by atoms with E-state index < -0.39 is 0 Å². The van der Waals surface area contributed by atoms with E-state index in [2.05, 4.69) is 41.4 Å². The molecular formula is C15H8ClNS. The van der Waals surface area contributed by atoms with Gasteiger partial charge in [-0.15, -0.1) is 11.3 Å². The number of aromatic nitrogens is 1. The third kappa shape index (κ3) is 1.36. The predicted octanol–water partition coefficient (Wildman–Crippen LogP) is 5.26. The van der Waals surface area contributed by atoms with Crippen molar-refractivity contribution in [3.63, 3.8) is 0 Å². The molecule has 2 heterocycles. The minimum Gasteiger partial charge on any atom is -0.243 e. The number of hydrogen-bond donors (Lipinski definition) is 0. The van der Waals surface area contributed by atoms with Gasteiger partial charge in [-0.2, -0.15) is 0 Å². The Morgan fingerprint density at radius 3 is 2.56 bits per heavy atom. The molecule has 0 amide bonds. The lowest BCUT2D eigenvalue weighted by Crippen LogP contribution is -1.73. The maximum atomic E-state index is 6.16. The lowest BCUT2D eigenvalue weighted by molar-refractivity contribution is 1.37. The average molecular weight is 270 g/mol. The molecule has 0 bridgehead atoms. The van der Waals surface area contributed by atoms with Crippen molar-refractivity contribution in [3.05, 3.63) is 53.8 Å². The van der Waals surface area contributed by atoms with Gasteiger partial charge < -0.3 is 0 Å². The zero-order valence-corrected chi connectivity index (χ0v) is 10.9. The number of pyridine rings is 1. The molecule has 0 saturated carbocycles. The Kier molecular flexibility index (Phi) is 2.10. The Hall–Kier alpha value is -1.64. The van der Waals surface area contributed by atoms with Crippen molar-refractivity contribution < 1.29 is 0 Å². The monoisotopic (exact) mass is 269 g/mol. The molecule has 0 radical (unpaired) electrons. The van der Waals surface area contributed by atoms with Crippen LogP contribution in [0.5, 0.6) is 0 Å². The molecule has 3 heteroatoms. The van der Waals surface area contributed by atoms with Crippen LogP contribution in [-0.4, -0.2) is 4.98 Å². The summed E-state index contributed by atoms with van der Waals surface area (Å²) >= 11 is 7.87. The van der Waals surface area contributed by atoms with Gasteiger partial charge in [0.15, 0.2) is 0 Å². The molecular weight excluding hydrogens is 262 g/mol. The van der Waals surface area contributed by atoms with Crippen LogP contribution in [0.2, 0.25) is 5.15 Å². The Labute approximate surface area is 113 Å². The van der Waals surface area contributed by atoms with E-state index in [0.717, 1.165) is 4.70 Å². The zero-order chi connectivity index (χ0) is 12.1. The van der Waals surface area contributed by atoms with Gasteiger partial charge in [-0.25, -0.2) is 4.98 Å². The van der Waals surface area contributed by atoms with Gasteiger partial charge in [0.2, 0.25) is 0 Å². The van der Waals surface area contributed by atoms with E-state index in [-0.39, 0.29) is 0 Å². The van der Waals surface area contributed by atoms with Crippen LogP contribution < -0.4 is 0 Å². The van der Waals surface area contributed by atoms with E-state index in [1.54, 1.807) is 17.5 Å². The molecule has 0 saturated heterocycles. The molecule has 4 rings (SSSR count). The van der Waals surface area contributed by atoms with E-state index >= 15 is 0 Å². The molecule has 0 aliphatic rings. The molecule has 0 atom stereocenters. The molecule has 0 unspecified atom stereocenters. The van der Waals surface area contributed by atoms with Crippen molar-refractivity contribution >= 4 is 53.9 Å². The highest BCUT2D eigenvalue weighted by Gasteiger charge is 2.09. The second-order valence-electron chi connectivity index (χ2n) is 4.28. The van der Waals surface area contributed by atoms with Crippen LogP contribution in [0.25, 0.3) is 30.9 Å². The summed E-state index contributed by atoms with van der Waals surface area (Å²) in [4.78, 5) is 4.15. The van der Waals surface area contributed by atoms with Crippen LogP contribution in [-0.2, 0) is 0 Å². The number of benzene rings is 2. The van der Waals surface area contributed by atoms with Gasteiger partial charge in [-0.3, -0.25) is 0 Å². The first-order valence-electron chi connectivity index (χ1n) is 5.68. The molecule has 0 aliphatic heterocycles. The molecule has 0 spiro atoms. The largest absolute Gasteiger partial charge is 0.243 e. The van der Waals surface area contributed by atoms with Gasteiger partial charge in [-0.05, 0) is 29.0 Å². The molecule has 0 fully saturated rings. The average Bonchev–Trinajstić information content (AvgIpc) is 2.76. The molecule has 2 aromatic carbocycles. The Morgan fingerprint density at radius 1 is 0.944 bits per heavy atom. The fourth-order valence-corrected chi connectivity index (χ4v) is 3.74. The van der Waals surface area contributed by atoms with Gasteiger partial charge in [-0.1, -0.05) is 35.9 Å². The fourth-order valence-electron chi connectivity index (χ4n) is 2.36. The number of rotatable bonds is 0. The normalized spacial score (nSPS) is 11.6. The SMILES string of the molecule is Clc1nccc2c1sc1cc3ccccc3cc12. The van der Waals surface area contributed by atoms with Crippen LogP contribution in [0.1, 0.15) is 0 Å². The summed E-state index contributed by atoms with van der Waals surface area (Å²) in [5, 5.41) is 5.58. The van der Waals surface area contributed by atoms with E-state index in [1.807, 2.05) is 6.07 Å². The standard InChI is InChI=1S/C15H8ClNS/c16-15-14-11(5-6-17-15)12-7-9-3-1-2-4-10(9)8-13(12)18-14/h1-8H. The molecule has 18 heavy (non-hydrogen) atoms. The lowest BCUT2D eigenvalue weighted by Gasteiger charge is -1.97. The lowest BCUT2D eigenvalue weighted by atomic mass is 10.1. The van der Waals surface area contributed by atoms with Crippen molar-refractivity contribution in [2.75, 3.05) is 0 Å².